The first kappa shape index (κ1) is 26.4. The van der Waals surface area contributed by atoms with Crippen LogP contribution in [0.3, 0.4) is 0 Å². The normalized spacial score (nSPS) is 12.6. The summed E-state index contributed by atoms with van der Waals surface area (Å²) >= 11 is 1.04. The number of nitrogens with zero attached hydrogens (tertiary/aromatic N) is 1. The zero-order valence-electron chi connectivity index (χ0n) is 19.3. The van der Waals surface area contributed by atoms with Crippen LogP contribution in [0.25, 0.3) is 0 Å². The lowest BCUT2D eigenvalue weighted by Crippen LogP contribution is -2.46. The highest BCUT2D eigenvalue weighted by Gasteiger charge is 2.24. The predicted molar refractivity (Wildman–Crippen MR) is 132 cm³/mol. The monoisotopic (exact) mass is 472 g/mol. The second-order valence-electron chi connectivity index (χ2n) is 7.62. The van der Waals surface area contributed by atoms with E-state index in [4.69, 9.17) is 4.74 Å². The van der Waals surface area contributed by atoms with Gasteiger partial charge in [0.25, 0.3) is 0 Å². The third-order valence-corrected chi connectivity index (χ3v) is 6.32. The Kier molecular flexibility index (Phi) is 10.9. The van der Waals surface area contributed by atoms with E-state index in [1.165, 1.54) is 0 Å². The largest absolute Gasteiger partial charge is 0.480 e. The summed E-state index contributed by atoms with van der Waals surface area (Å²) < 4.78 is 5.56. The topological polar surface area (TPSA) is 95.9 Å². The molecular weight excluding hydrogens is 440 g/mol. The number of carbonyl (C=O) groups excluding carboxylic acids is 2. The highest BCUT2D eigenvalue weighted by atomic mass is 32.2. The second kappa shape index (κ2) is 13.6. The molecule has 2 aromatic carbocycles. The fourth-order valence-corrected chi connectivity index (χ4v) is 3.96. The first-order valence-corrected chi connectivity index (χ1v) is 12.0. The van der Waals surface area contributed by atoms with Crippen LogP contribution in [0.2, 0.25) is 0 Å². The Morgan fingerprint density at radius 1 is 1.03 bits per heavy atom. The number of thioether (sulfide) groups is 1. The fraction of sp³-hybridized carbons (Fsp3) is 0.400. The van der Waals surface area contributed by atoms with E-state index in [1.807, 2.05) is 30.3 Å². The summed E-state index contributed by atoms with van der Waals surface area (Å²) in [4.78, 5) is 38.4. The zero-order valence-corrected chi connectivity index (χ0v) is 20.1. The zero-order chi connectivity index (χ0) is 24.2. The van der Waals surface area contributed by atoms with Crippen molar-refractivity contribution in [3.05, 3.63) is 65.7 Å². The molecule has 2 aromatic rings. The van der Waals surface area contributed by atoms with Gasteiger partial charge in [-0.1, -0.05) is 61.2 Å². The molecular formula is C25H32N2O5S. The minimum absolute atomic E-state index is 0.125. The molecule has 0 radical (unpaired) electrons. The Hall–Kier alpha value is -2.84. The van der Waals surface area contributed by atoms with E-state index >= 15 is 0 Å². The van der Waals surface area contributed by atoms with E-state index in [9.17, 15) is 19.5 Å². The second-order valence-corrected chi connectivity index (χ2v) is 8.61. The van der Waals surface area contributed by atoms with Crippen molar-refractivity contribution in [2.45, 2.75) is 33.4 Å². The molecule has 0 bridgehead atoms. The van der Waals surface area contributed by atoms with Gasteiger partial charge < -0.3 is 20.1 Å². The molecule has 2 rings (SSSR count). The maximum absolute atomic E-state index is 12.4. The molecule has 0 saturated heterocycles. The lowest BCUT2D eigenvalue weighted by atomic mass is 10.2. The average molecular weight is 473 g/mol. The number of rotatable bonds is 13. The van der Waals surface area contributed by atoms with Gasteiger partial charge in [0.1, 0.15) is 0 Å². The number of amides is 1. The van der Waals surface area contributed by atoms with Gasteiger partial charge >= 0.3 is 5.97 Å². The Morgan fingerprint density at radius 2 is 1.67 bits per heavy atom. The first-order valence-electron chi connectivity index (χ1n) is 11.0. The Labute approximate surface area is 199 Å². The van der Waals surface area contributed by atoms with Crippen molar-refractivity contribution in [1.29, 1.82) is 0 Å². The third-order valence-electron chi connectivity index (χ3n) is 5.15. The SMILES string of the molecule is CCN(CC)c1ccc(COC[C@H](NC(=O)C(C)CSC(=O)c2ccccc2)C(=O)O)cc1. The molecule has 0 saturated carbocycles. The summed E-state index contributed by atoms with van der Waals surface area (Å²) in [6, 6.07) is 15.6. The van der Waals surface area contributed by atoms with E-state index < -0.39 is 23.8 Å². The number of hydrogen-bond acceptors (Lipinski definition) is 6. The lowest BCUT2D eigenvalue weighted by molar-refractivity contribution is -0.144. The van der Waals surface area contributed by atoms with Crippen LogP contribution in [0.5, 0.6) is 0 Å². The minimum Gasteiger partial charge on any atom is -0.480 e. The van der Waals surface area contributed by atoms with Crippen molar-refractivity contribution in [2.24, 2.45) is 5.92 Å². The molecule has 0 aliphatic carbocycles. The van der Waals surface area contributed by atoms with Gasteiger partial charge in [-0.3, -0.25) is 9.59 Å². The lowest BCUT2D eigenvalue weighted by Gasteiger charge is -2.21. The van der Waals surface area contributed by atoms with Crippen LogP contribution in [0.4, 0.5) is 5.69 Å². The Bertz CT molecular complexity index is 901. The van der Waals surface area contributed by atoms with Crippen LogP contribution in [-0.4, -0.2) is 53.6 Å². The number of carboxylic acid groups (broad SMARTS) is 1. The molecule has 0 heterocycles. The highest BCUT2D eigenvalue weighted by Crippen LogP contribution is 2.17. The summed E-state index contributed by atoms with van der Waals surface area (Å²) in [7, 11) is 0. The average Bonchev–Trinajstić information content (AvgIpc) is 2.83. The molecule has 2 atom stereocenters. The summed E-state index contributed by atoms with van der Waals surface area (Å²) in [6.45, 7) is 7.80. The molecule has 1 amide bonds. The van der Waals surface area contributed by atoms with E-state index in [0.29, 0.717) is 5.56 Å². The van der Waals surface area contributed by atoms with Crippen LogP contribution >= 0.6 is 11.8 Å². The Morgan fingerprint density at radius 3 is 2.24 bits per heavy atom. The van der Waals surface area contributed by atoms with Crippen molar-refractivity contribution in [3.63, 3.8) is 0 Å². The van der Waals surface area contributed by atoms with Gasteiger partial charge in [0, 0.05) is 36.0 Å². The molecule has 0 aliphatic heterocycles. The van der Waals surface area contributed by atoms with Gasteiger partial charge in [0.05, 0.1) is 13.2 Å². The number of carboxylic acids is 1. The van der Waals surface area contributed by atoms with Crippen LogP contribution in [0.15, 0.2) is 54.6 Å². The summed E-state index contributed by atoms with van der Waals surface area (Å²) in [5.74, 6) is -1.87. The number of aliphatic carboxylic acids is 1. The van der Waals surface area contributed by atoms with Gasteiger partial charge in [-0.05, 0) is 31.5 Å². The van der Waals surface area contributed by atoms with Gasteiger partial charge in [-0.15, -0.1) is 0 Å². The first-order chi connectivity index (χ1) is 15.8. The molecule has 178 valence electrons. The molecule has 0 aliphatic rings. The van der Waals surface area contributed by atoms with Crippen LogP contribution in [0, 0.1) is 5.92 Å². The molecule has 1 unspecified atom stereocenters. The van der Waals surface area contributed by atoms with Gasteiger partial charge in [0.15, 0.2) is 6.04 Å². The van der Waals surface area contributed by atoms with Crippen molar-refractivity contribution in [3.8, 4) is 0 Å². The number of nitrogens with one attached hydrogen (secondary N) is 1. The quantitative estimate of drug-likeness (QED) is 0.457. The fourth-order valence-electron chi connectivity index (χ4n) is 3.11. The van der Waals surface area contributed by atoms with Crippen molar-refractivity contribution in [1.82, 2.24) is 5.32 Å². The highest BCUT2D eigenvalue weighted by molar-refractivity contribution is 8.14. The molecule has 8 heteroatoms. The summed E-state index contributed by atoms with van der Waals surface area (Å²) in [5, 5.41) is 11.8. The van der Waals surface area contributed by atoms with Crippen molar-refractivity contribution in [2.75, 3.05) is 30.3 Å². The van der Waals surface area contributed by atoms with Gasteiger partial charge in [-0.25, -0.2) is 4.79 Å². The maximum atomic E-state index is 12.4. The number of benzene rings is 2. The van der Waals surface area contributed by atoms with Gasteiger partial charge in [0.2, 0.25) is 11.0 Å². The maximum Gasteiger partial charge on any atom is 0.328 e. The van der Waals surface area contributed by atoms with E-state index in [1.54, 1.807) is 31.2 Å². The van der Waals surface area contributed by atoms with Crippen LogP contribution < -0.4 is 10.2 Å². The van der Waals surface area contributed by atoms with Crippen molar-refractivity contribution >= 4 is 34.4 Å². The van der Waals surface area contributed by atoms with E-state index in [2.05, 4.69) is 24.1 Å². The predicted octanol–water partition coefficient (Wildman–Crippen LogP) is 3.83. The summed E-state index contributed by atoms with van der Waals surface area (Å²) in [6.07, 6.45) is 0. The van der Waals surface area contributed by atoms with E-state index in [0.717, 1.165) is 36.1 Å². The molecule has 0 spiro atoms. The Balaban J connectivity index is 1.80. The number of ether oxygens (including phenoxy) is 1. The molecule has 2 N–H and O–H groups in total. The molecule has 7 nitrogen and oxygen atoms in total. The standard InChI is InChI=1S/C25H32N2O5S/c1-4-27(5-2)21-13-11-19(12-14-21)15-32-16-22(24(29)30)26-23(28)18(3)17-33-25(31)20-9-7-6-8-10-20/h6-14,18,22H,4-5,15-17H2,1-3H3,(H,26,28)(H,29,30)/t18?,22-/m0/s1. The minimum atomic E-state index is -1.17. The molecule has 0 aromatic heterocycles. The van der Waals surface area contributed by atoms with Crippen LogP contribution in [0.1, 0.15) is 36.7 Å². The smallest absolute Gasteiger partial charge is 0.328 e. The number of anilines is 1. The van der Waals surface area contributed by atoms with Gasteiger partial charge in [-0.2, -0.15) is 0 Å². The van der Waals surface area contributed by atoms with Crippen molar-refractivity contribution < 1.29 is 24.2 Å². The summed E-state index contributed by atoms with van der Waals surface area (Å²) in [5.41, 5.74) is 2.61. The van der Waals surface area contributed by atoms with Crippen LogP contribution in [-0.2, 0) is 20.9 Å². The molecule has 0 fully saturated rings. The third kappa shape index (κ3) is 8.55. The number of hydrogen-bond donors (Lipinski definition) is 2. The van der Waals surface area contributed by atoms with E-state index in [-0.39, 0.29) is 24.1 Å². The molecule has 33 heavy (non-hydrogen) atoms. The number of carbonyl (C=O) groups is 3.